The van der Waals surface area contributed by atoms with Gasteiger partial charge in [0, 0.05) is 23.7 Å². The average molecular weight is 246 g/mol. The van der Waals surface area contributed by atoms with Gasteiger partial charge in [-0.3, -0.25) is 0 Å². The van der Waals surface area contributed by atoms with Crippen LogP contribution >= 0.6 is 0 Å². The first kappa shape index (κ1) is 12.6. The van der Waals surface area contributed by atoms with Crippen LogP contribution < -0.4 is 11.1 Å². The molecule has 0 saturated heterocycles. The van der Waals surface area contributed by atoms with Gasteiger partial charge in [0.25, 0.3) is 0 Å². The summed E-state index contributed by atoms with van der Waals surface area (Å²) in [5.74, 6) is 0.792. The van der Waals surface area contributed by atoms with Crippen LogP contribution in [0.3, 0.4) is 0 Å². The Kier molecular flexibility index (Phi) is 3.94. The summed E-state index contributed by atoms with van der Waals surface area (Å²) in [6.07, 6.45) is 3.16. The molecule has 0 fully saturated rings. The molecule has 2 rings (SSSR count). The van der Waals surface area contributed by atoms with E-state index in [0.29, 0.717) is 12.1 Å². The second kappa shape index (κ2) is 5.64. The highest BCUT2D eigenvalue weighted by Crippen LogP contribution is 2.22. The number of aliphatic hydroxyl groups is 1. The molecule has 0 aliphatic carbocycles. The maximum atomic E-state index is 9.01. The Hall–Kier alpha value is -1.88. The average Bonchev–Trinajstić information content (AvgIpc) is 2.38. The third-order valence-electron chi connectivity index (χ3n) is 2.97. The number of anilines is 2. The van der Waals surface area contributed by atoms with E-state index in [0.717, 1.165) is 23.1 Å². The molecule has 5 nitrogen and oxygen atoms in total. The number of aromatic nitrogens is 2. The highest BCUT2D eigenvalue weighted by atomic mass is 16.3. The summed E-state index contributed by atoms with van der Waals surface area (Å²) in [5, 5.41) is 13.3. The molecule has 4 N–H and O–H groups in total. The highest BCUT2D eigenvalue weighted by molar-refractivity contribution is 5.90. The zero-order chi connectivity index (χ0) is 13.0. The number of benzene rings is 1. The van der Waals surface area contributed by atoms with Gasteiger partial charge in [0.2, 0.25) is 0 Å². The van der Waals surface area contributed by atoms with Crippen LogP contribution in [-0.4, -0.2) is 27.7 Å². The largest absolute Gasteiger partial charge is 0.399 e. The van der Waals surface area contributed by atoms with Crippen LogP contribution in [0.25, 0.3) is 10.9 Å². The van der Waals surface area contributed by atoms with Crippen molar-refractivity contribution < 1.29 is 5.11 Å². The van der Waals surface area contributed by atoms with E-state index in [1.165, 1.54) is 6.33 Å². The number of hydrogen-bond donors (Lipinski definition) is 3. The summed E-state index contributed by atoms with van der Waals surface area (Å²) in [6, 6.07) is 5.79. The SMILES string of the molecule is CCC(CCO)Nc1ncnc2cc(N)ccc12. The predicted octanol–water partition coefficient (Wildman–Crippen LogP) is 1.78. The first-order chi connectivity index (χ1) is 8.74. The molecule has 1 atom stereocenters. The van der Waals surface area contributed by atoms with Crippen LogP contribution in [0.4, 0.5) is 11.5 Å². The lowest BCUT2D eigenvalue weighted by atomic mass is 10.1. The molecule has 18 heavy (non-hydrogen) atoms. The van der Waals surface area contributed by atoms with E-state index in [1.807, 2.05) is 18.2 Å². The van der Waals surface area contributed by atoms with Gasteiger partial charge in [-0.05, 0) is 31.0 Å². The molecular weight excluding hydrogens is 228 g/mol. The Balaban J connectivity index is 2.32. The van der Waals surface area contributed by atoms with Crippen LogP contribution in [0.1, 0.15) is 19.8 Å². The Morgan fingerprint density at radius 3 is 2.94 bits per heavy atom. The fourth-order valence-electron chi connectivity index (χ4n) is 1.92. The molecule has 1 aromatic heterocycles. The van der Waals surface area contributed by atoms with Gasteiger partial charge in [-0.1, -0.05) is 6.92 Å². The highest BCUT2D eigenvalue weighted by Gasteiger charge is 2.09. The monoisotopic (exact) mass is 246 g/mol. The van der Waals surface area contributed by atoms with Crippen molar-refractivity contribution >= 4 is 22.4 Å². The van der Waals surface area contributed by atoms with Gasteiger partial charge >= 0.3 is 0 Å². The molecular formula is C13H18N4O. The van der Waals surface area contributed by atoms with Gasteiger partial charge in [-0.2, -0.15) is 0 Å². The maximum absolute atomic E-state index is 9.01. The Bertz CT molecular complexity index is 529. The summed E-state index contributed by atoms with van der Waals surface area (Å²) < 4.78 is 0. The molecule has 0 radical (unpaired) electrons. The topological polar surface area (TPSA) is 84.1 Å². The molecule has 1 unspecified atom stereocenters. The molecule has 0 aliphatic rings. The van der Waals surface area contributed by atoms with Crippen molar-refractivity contribution in [1.29, 1.82) is 0 Å². The fourth-order valence-corrected chi connectivity index (χ4v) is 1.92. The summed E-state index contributed by atoms with van der Waals surface area (Å²) in [5.41, 5.74) is 7.25. The number of nitrogen functional groups attached to an aromatic ring is 1. The quantitative estimate of drug-likeness (QED) is 0.700. The zero-order valence-corrected chi connectivity index (χ0v) is 10.4. The summed E-state index contributed by atoms with van der Waals surface area (Å²) >= 11 is 0. The third kappa shape index (κ3) is 2.68. The van der Waals surface area contributed by atoms with Gasteiger partial charge in [0.1, 0.15) is 12.1 Å². The minimum absolute atomic E-state index is 0.168. The molecule has 0 aliphatic heterocycles. The Labute approximate surface area is 106 Å². The van der Waals surface area contributed by atoms with Crippen molar-refractivity contribution in [2.24, 2.45) is 0 Å². The van der Waals surface area contributed by atoms with E-state index in [4.69, 9.17) is 10.8 Å². The van der Waals surface area contributed by atoms with E-state index in [-0.39, 0.29) is 12.6 Å². The standard InChI is InChI=1S/C13H18N4O/c1-2-10(5-6-18)17-13-11-4-3-9(14)7-12(11)15-8-16-13/h3-4,7-8,10,18H,2,5-6,14H2,1H3,(H,15,16,17). The first-order valence-electron chi connectivity index (χ1n) is 6.12. The molecule has 5 heteroatoms. The van der Waals surface area contributed by atoms with Crippen LogP contribution in [0.15, 0.2) is 24.5 Å². The second-order valence-electron chi connectivity index (χ2n) is 4.26. The molecule has 0 amide bonds. The normalized spacial score (nSPS) is 12.6. The van der Waals surface area contributed by atoms with E-state index < -0.39 is 0 Å². The number of rotatable bonds is 5. The molecule has 0 saturated carbocycles. The van der Waals surface area contributed by atoms with Crippen molar-refractivity contribution in [1.82, 2.24) is 9.97 Å². The molecule has 1 aromatic carbocycles. The van der Waals surface area contributed by atoms with Gasteiger partial charge in [-0.15, -0.1) is 0 Å². The maximum Gasteiger partial charge on any atom is 0.137 e. The fraction of sp³-hybridized carbons (Fsp3) is 0.385. The summed E-state index contributed by atoms with van der Waals surface area (Å²) in [7, 11) is 0. The molecule has 0 spiro atoms. The van der Waals surface area contributed by atoms with Gasteiger partial charge in [0.05, 0.1) is 5.52 Å². The molecule has 1 heterocycles. The molecule has 0 bridgehead atoms. The Morgan fingerprint density at radius 2 is 2.22 bits per heavy atom. The zero-order valence-electron chi connectivity index (χ0n) is 10.4. The predicted molar refractivity (Wildman–Crippen MR) is 73.4 cm³/mol. The van der Waals surface area contributed by atoms with Crippen LogP contribution in [-0.2, 0) is 0 Å². The van der Waals surface area contributed by atoms with Crippen LogP contribution in [0.2, 0.25) is 0 Å². The number of fused-ring (bicyclic) bond motifs is 1. The van der Waals surface area contributed by atoms with Crippen molar-refractivity contribution in [3.05, 3.63) is 24.5 Å². The van der Waals surface area contributed by atoms with Gasteiger partial charge < -0.3 is 16.2 Å². The van der Waals surface area contributed by atoms with E-state index in [1.54, 1.807) is 0 Å². The minimum Gasteiger partial charge on any atom is -0.399 e. The summed E-state index contributed by atoms with van der Waals surface area (Å²) in [6.45, 7) is 2.25. The second-order valence-corrected chi connectivity index (χ2v) is 4.26. The third-order valence-corrected chi connectivity index (χ3v) is 2.97. The summed E-state index contributed by atoms with van der Waals surface area (Å²) in [4.78, 5) is 8.46. The number of hydrogen-bond acceptors (Lipinski definition) is 5. The number of aliphatic hydroxyl groups excluding tert-OH is 1. The van der Waals surface area contributed by atoms with Crippen LogP contribution in [0, 0.1) is 0 Å². The molecule has 2 aromatic rings. The Morgan fingerprint density at radius 1 is 1.39 bits per heavy atom. The number of nitrogens with two attached hydrogens (primary N) is 1. The van der Waals surface area contributed by atoms with Crippen molar-refractivity contribution in [2.75, 3.05) is 17.7 Å². The first-order valence-corrected chi connectivity index (χ1v) is 6.12. The minimum atomic E-state index is 0.168. The van der Waals surface area contributed by atoms with Crippen molar-refractivity contribution in [2.45, 2.75) is 25.8 Å². The number of nitrogens with zero attached hydrogens (tertiary/aromatic N) is 2. The van der Waals surface area contributed by atoms with Gasteiger partial charge in [-0.25, -0.2) is 9.97 Å². The lowest BCUT2D eigenvalue weighted by Gasteiger charge is -2.17. The van der Waals surface area contributed by atoms with Crippen LogP contribution in [0.5, 0.6) is 0 Å². The smallest absolute Gasteiger partial charge is 0.137 e. The van der Waals surface area contributed by atoms with Crippen molar-refractivity contribution in [3.8, 4) is 0 Å². The molecule has 96 valence electrons. The lowest BCUT2D eigenvalue weighted by Crippen LogP contribution is -2.20. The van der Waals surface area contributed by atoms with Crippen molar-refractivity contribution in [3.63, 3.8) is 0 Å². The lowest BCUT2D eigenvalue weighted by molar-refractivity contribution is 0.278. The van der Waals surface area contributed by atoms with E-state index in [9.17, 15) is 0 Å². The van der Waals surface area contributed by atoms with E-state index >= 15 is 0 Å². The van der Waals surface area contributed by atoms with E-state index in [2.05, 4.69) is 22.2 Å². The number of nitrogens with one attached hydrogen (secondary N) is 1. The van der Waals surface area contributed by atoms with Gasteiger partial charge in [0.15, 0.2) is 0 Å².